The summed E-state index contributed by atoms with van der Waals surface area (Å²) in [5, 5.41) is 3.34. The lowest BCUT2D eigenvalue weighted by atomic mass is 10.1. The van der Waals surface area contributed by atoms with Crippen molar-refractivity contribution in [1.82, 2.24) is 10.2 Å². The number of anilines is 1. The van der Waals surface area contributed by atoms with E-state index in [0.29, 0.717) is 22.9 Å². The number of benzene rings is 3. The first kappa shape index (κ1) is 30.9. The van der Waals surface area contributed by atoms with Crippen molar-refractivity contribution in [3.05, 3.63) is 89.2 Å². The molecule has 0 aliphatic rings. The molecule has 3 rings (SSSR count). The molecule has 3 aromatic carbocycles. The molecular weight excluding hydrogens is 557 g/mol. The third-order valence-corrected chi connectivity index (χ3v) is 8.20. The van der Waals surface area contributed by atoms with Gasteiger partial charge in [-0.15, -0.1) is 0 Å². The Morgan fingerprint density at radius 2 is 1.55 bits per heavy atom. The standard InChI is InChI=1S/C29H33ClFN3O5S/c1-20(2)17-32-29(36)21(3)33(18-22-5-7-23(30)8-6-22)28(35)19-34(25-11-9-24(31)10-12-25)40(37,38)27-15-13-26(39-4)14-16-27/h5-16,20-21H,17-19H2,1-4H3,(H,32,36)/t21-/m0/s1. The van der Waals surface area contributed by atoms with Gasteiger partial charge in [-0.1, -0.05) is 37.6 Å². The molecular formula is C29H33ClFN3O5S. The fraction of sp³-hybridized carbons (Fsp3) is 0.310. The van der Waals surface area contributed by atoms with E-state index < -0.39 is 34.3 Å². The summed E-state index contributed by atoms with van der Waals surface area (Å²) in [5.41, 5.74) is 0.793. The maximum Gasteiger partial charge on any atom is 0.264 e. The van der Waals surface area contributed by atoms with Crippen LogP contribution in [0.15, 0.2) is 77.7 Å². The van der Waals surface area contributed by atoms with E-state index >= 15 is 0 Å². The number of hydrogen-bond acceptors (Lipinski definition) is 5. The summed E-state index contributed by atoms with van der Waals surface area (Å²) in [6, 6.07) is 16.4. The van der Waals surface area contributed by atoms with Gasteiger partial charge < -0.3 is 15.0 Å². The van der Waals surface area contributed by atoms with Crippen molar-refractivity contribution in [1.29, 1.82) is 0 Å². The van der Waals surface area contributed by atoms with E-state index in [1.165, 1.54) is 48.4 Å². The molecule has 0 spiro atoms. The average Bonchev–Trinajstić information content (AvgIpc) is 2.94. The number of halogens is 2. The Kier molecular flexibility index (Phi) is 10.5. The number of methoxy groups -OCH3 is 1. The average molecular weight is 590 g/mol. The van der Waals surface area contributed by atoms with Crippen LogP contribution in [0.1, 0.15) is 26.3 Å². The number of carbonyl (C=O) groups is 2. The van der Waals surface area contributed by atoms with Crippen LogP contribution >= 0.6 is 11.6 Å². The Morgan fingerprint density at radius 3 is 2.10 bits per heavy atom. The first-order chi connectivity index (χ1) is 18.9. The monoisotopic (exact) mass is 589 g/mol. The maximum atomic E-state index is 13.8. The second-order valence-corrected chi connectivity index (χ2v) is 11.9. The third-order valence-electron chi connectivity index (χ3n) is 6.16. The van der Waals surface area contributed by atoms with E-state index in [2.05, 4.69) is 5.32 Å². The second-order valence-electron chi connectivity index (χ2n) is 9.63. The number of sulfonamides is 1. The summed E-state index contributed by atoms with van der Waals surface area (Å²) >= 11 is 6.02. The van der Waals surface area contributed by atoms with E-state index in [4.69, 9.17) is 16.3 Å². The van der Waals surface area contributed by atoms with Crippen LogP contribution in [0.25, 0.3) is 0 Å². The number of nitrogens with one attached hydrogen (secondary N) is 1. The molecule has 11 heteroatoms. The van der Waals surface area contributed by atoms with Gasteiger partial charge in [-0.25, -0.2) is 12.8 Å². The van der Waals surface area contributed by atoms with Gasteiger partial charge in [0.2, 0.25) is 11.8 Å². The van der Waals surface area contributed by atoms with Crippen LogP contribution in [0.5, 0.6) is 5.75 Å². The van der Waals surface area contributed by atoms with Crippen LogP contribution < -0.4 is 14.4 Å². The topological polar surface area (TPSA) is 96.0 Å². The maximum absolute atomic E-state index is 13.8. The van der Waals surface area contributed by atoms with Gasteiger partial charge in [0.25, 0.3) is 10.0 Å². The molecule has 0 aromatic heterocycles. The number of amides is 2. The number of rotatable bonds is 12. The highest BCUT2D eigenvalue weighted by molar-refractivity contribution is 7.92. The quantitative estimate of drug-likeness (QED) is 0.325. The van der Waals surface area contributed by atoms with E-state index in [-0.39, 0.29) is 29.0 Å². The Labute approximate surface area is 239 Å². The zero-order valence-electron chi connectivity index (χ0n) is 22.8. The van der Waals surface area contributed by atoms with Crippen LogP contribution in [0.4, 0.5) is 10.1 Å². The minimum absolute atomic E-state index is 0.0338. The van der Waals surface area contributed by atoms with Gasteiger partial charge in [-0.3, -0.25) is 13.9 Å². The summed E-state index contributed by atoms with van der Waals surface area (Å²) in [5.74, 6) is -0.901. The molecule has 8 nitrogen and oxygen atoms in total. The summed E-state index contributed by atoms with van der Waals surface area (Å²) in [6.45, 7) is 5.31. The Bertz CT molecular complexity index is 1400. The van der Waals surface area contributed by atoms with Crippen LogP contribution in [0.2, 0.25) is 5.02 Å². The Morgan fingerprint density at radius 1 is 0.950 bits per heavy atom. The molecule has 214 valence electrons. The number of ether oxygens (including phenoxy) is 1. The summed E-state index contributed by atoms with van der Waals surface area (Å²) in [4.78, 5) is 28.1. The Hall–Kier alpha value is -3.63. The molecule has 40 heavy (non-hydrogen) atoms. The van der Waals surface area contributed by atoms with Crippen LogP contribution in [0.3, 0.4) is 0 Å². The molecule has 0 saturated heterocycles. The highest BCUT2D eigenvalue weighted by Crippen LogP contribution is 2.26. The van der Waals surface area contributed by atoms with Crippen molar-refractivity contribution in [3.8, 4) is 5.75 Å². The Balaban J connectivity index is 2.00. The van der Waals surface area contributed by atoms with Crippen molar-refractivity contribution in [3.63, 3.8) is 0 Å². The molecule has 0 aliphatic heterocycles. The second kappa shape index (κ2) is 13.6. The lowest BCUT2D eigenvalue weighted by molar-refractivity contribution is -0.139. The molecule has 0 heterocycles. The van der Waals surface area contributed by atoms with E-state index in [1.54, 1.807) is 31.2 Å². The number of carbonyl (C=O) groups excluding carboxylic acids is 2. The van der Waals surface area contributed by atoms with Crippen LogP contribution in [-0.4, -0.2) is 51.4 Å². The van der Waals surface area contributed by atoms with Crippen molar-refractivity contribution in [2.24, 2.45) is 5.92 Å². The molecule has 1 N–H and O–H groups in total. The van der Waals surface area contributed by atoms with Gasteiger partial charge >= 0.3 is 0 Å². The van der Waals surface area contributed by atoms with Crippen LogP contribution in [0, 0.1) is 11.7 Å². The molecule has 0 unspecified atom stereocenters. The molecule has 3 aromatic rings. The van der Waals surface area contributed by atoms with Gasteiger partial charge in [0.15, 0.2) is 0 Å². The van der Waals surface area contributed by atoms with E-state index in [1.807, 2.05) is 13.8 Å². The molecule has 1 atom stereocenters. The minimum Gasteiger partial charge on any atom is -0.497 e. The molecule has 0 bridgehead atoms. The van der Waals surface area contributed by atoms with Crippen molar-refractivity contribution >= 4 is 39.1 Å². The smallest absolute Gasteiger partial charge is 0.264 e. The number of nitrogens with zero attached hydrogens (tertiary/aromatic N) is 2. The normalized spacial score (nSPS) is 12.1. The van der Waals surface area contributed by atoms with E-state index in [0.717, 1.165) is 16.4 Å². The summed E-state index contributed by atoms with van der Waals surface area (Å²) in [6.07, 6.45) is 0. The lowest BCUT2D eigenvalue weighted by Gasteiger charge is -2.32. The zero-order chi connectivity index (χ0) is 29.4. The van der Waals surface area contributed by atoms with E-state index in [9.17, 15) is 22.4 Å². The van der Waals surface area contributed by atoms with Gasteiger partial charge in [0.1, 0.15) is 24.2 Å². The molecule has 0 aliphatic carbocycles. The van der Waals surface area contributed by atoms with Gasteiger partial charge in [-0.05, 0) is 79.1 Å². The molecule has 2 amide bonds. The molecule has 0 fully saturated rings. The predicted molar refractivity (Wildman–Crippen MR) is 153 cm³/mol. The van der Waals surface area contributed by atoms with Crippen LogP contribution in [-0.2, 0) is 26.2 Å². The minimum atomic E-state index is -4.28. The SMILES string of the molecule is COc1ccc(S(=O)(=O)N(CC(=O)N(Cc2ccc(Cl)cc2)[C@@H](C)C(=O)NCC(C)C)c2ccc(F)cc2)cc1. The highest BCUT2D eigenvalue weighted by Gasteiger charge is 2.32. The van der Waals surface area contributed by atoms with Crippen molar-refractivity contribution < 1.29 is 27.1 Å². The van der Waals surface area contributed by atoms with Gasteiger partial charge in [-0.2, -0.15) is 0 Å². The predicted octanol–water partition coefficient (Wildman–Crippen LogP) is 4.87. The summed E-state index contributed by atoms with van der Waals surface area (Å²) < 4.78 is 47.3. The van der Waals surface area contributed by atoms with Crippen molar-refractivity contribution in [2.75, 3.05) is 24.5 Å². The van der Waals surface area contributed by atoms with Crippen molar-refractivity contribution in [2.45, 2.75) is 38.3 Å². The molecule has 0 saturated carbocycles. The fourth-order valence-electron chi connectivity index (χ4n) is 3.83. The largest absolute Gasteiger partial charge is 0.497 e. The van der Waals surface area contributed by atoms with Gasteiger partial charge in [0, 0.05) is 18.1 Å². The summed E-state index contributed by atoms with van der Waals surface area (Å²) in [7, 11) is -2.82. The molecule has 0 radical (unpaired) electrons. The first-order valence-electron chi connectivity index (χ1n) is 12.7. The fourth-order valence-corrected chi connectivity index (χ4v) is 5.37. The van der Waals surface area contributed by atoms with Gasteiger partial charge in [0.05, 0.1) is 17.7 Å². The highest BCUT2D eigenvalue weighted by atomic mass is 35.5. The number of hydrogen-bond donors (Lipinski definition) is 1. The first-order valence-corrected chi connectivity index (χ1v) is 14.5. The third kappa shape index (κ3) is 7.95. The zero-order valence-corrected chi connectivity index (χ0v) is 24.4. The lowest BCUT2D eigenvalue weighted by Crippen LogP contribution is -2.51.